The molecule has 1 aliphatic rings. The largest absolute Gasteiger partial charge is 0.352 e. The number of anilines is 1. The van der Waals surface area contributed by atoms with Crippen LogP contribution in [0.2, 0.25) is 0 Å². The molecular formula is C13H20N4O. The van der Waals surface area contributed by atoms with E-state index in [0.717, 1.165) is 32.4 Å². The summed E-state index contributed by atoms with van der Waals surface area (Å²) in [4.78, 5) is 22.3. The Morgan fingerprint density at radius 2 is 2.00 bits per heavy atom. The van der Waals surface area contributed by atoms with E-state index in [2.05, 4.69) is 29.1 Å². The summed E-state index contributed by atoms with van der Waals surface area (Å²) < 4.78 is 0. The van der Waals surface area contributed by atoms with Gasteiger partial charge in [-0.3, -0.25) is 4.79 Å². The number of nitrogens with one attached hydrogen (secondary N) is 1. The van der Waals surface area contributed by atoms with Crippen molar-refractivity contribution >= 4 is 11.9 Å². The predicted octanol–water partition coefficient (Wildman–Crippen LogP) is 1.92. The van der Waals surface area contributed by atoms with Gasteiger partial charge in [0, 0.05) is 31.5 Å². The molecule has 0 aromatic carbocycles. The van der Waals surface area contributed by atoms with Crippen LogP contribution < -0.4 is 5.32 Å². The second-order valence-electron chi connectivity index (χ2n) is 4.75. The molecular weight excluding hydrogens is 228 g/mol. The van der Waals surface area contributed by atoms with Gasteiger partial charge in [0.2, 0.25) is 5.95 Å². The van der Waals surface area contributed by atoms with E-state index in [1.165, 1.54) is 0 Å². The molecule has 0 radical (unpaired) electrons. The van der Waals surface area contributed by atoms with Gasteiger partial charge < -0.3 is 10.2 Å². The van der Waals surface area contributed by atoms with Gasteiger partial charge in [-0.05, 0) is 26.2 Å². The lowest BCUT2D eigenvalue weighted by Crippen LogP contribution is -2.28. The Hall–Kier alpha value is -1.65. The van der Waals surface area contributed by atoms with Gasteiger partial charge in [0.05, 0.1) is 5.56 Å². The Balaban J connectivity index is 2.00. The molecule has 1 aromatic rings. The molecule has 0 aliphatic carbocycles. The second kappa shape index (κ2) is 5.80. The zero-order valence-corrected chi connectivity index (χ0v) is 11.0. The number of amides is 1. The van der Waals surface area contributed by atoms with Crippen LogP contribution in [-0.2, 0) is 0 Å². The predicted molar refractivity (Wildman–Crippen MR) is 70.5 cm³/mol. The molecule has 1 aliphatic heterocycles. The van der Waals surface area contributed by atoms with Crippen molar-refractivity contribution in [2.24, 2.45) is 0 Å². The number of nitrogens with zero attached hydrogens (tertiary/aromatic N) is 3. The maximum absolute atomic E-state index is 12.1. The molecule has 1 N–H and O–H groups in total. The van der Waals surface area contributed by atoms with Gasteiger partial charge in [-0.1, -0.05) is 6.92 Å². The van der Waals surface area contributed by atoms with Crippen LogP contribution in [0.3, 0.4) is 0 Å². The normalized spacial score (nSPS) is 16.7. The number of hydrogen-bond acceptors (Lipinski definition) is 4. The highest BCUT2D eigenvalue weighted by atomic mass is 16.2. The van der Waals surface area contributed by atoms with Gasteiger partial charge in [-0.2, -0.15) is 0 Å². The third kappa shape index (κ3) is 2.97. The van der Waals surface area contributed by atoms with Crippen molar-refractivity contribution in [2.75, 3.05) is 18.4 Å². The highest BCUT2D eigenvalue weighted by molar-refractivity contribution is 5.93. The van der Waals surface area contributed by atoms with E-state index in [1.807, 2.05) is 4.90 Å². The number of rotatable bonds is 4. The fourth-order valence-electron chi connectivity index (χ4n) is 1.94. The minimum atomic E-state index is 0.0441. The summed E-state index contributed by atoms with van der Waals surface area (Å²) in [5.74, 6) is 0.630. The average Bonchev–Trinajstić information content (AvgIpc) is 2.92. The van der Waals surface area contributed by atoms with Crippen LogP contribution in [0.25, 0.3) is 0 Å². The minimum Gasteiger partial charge on any atom is -0.352 e. The first-order valence-corrected chi connectivity index (χ1v) is 6.58. The summed E-state index contributed by atoms with van der Waals surface area (Å²) >= 11 is 0. The molecule has 0 bridgehead atoms. The first kappa shape index (κ1) is 12.8. The summed E-state index contributed by atoms with van der Waals surface area (Å²) in [6.45, 7) is 5.88. The number of aromatic nitrogens is 2. The first-order valence-electron chi connectivity index (χ1n) is 6.58. The van der Waals surface area contributed by atoms with Gasteiger partial charge in [0.15, 0.2) is 0 Å². The third-order valence-corrected chi connectivity index (χ3v) is 3.28. The standard InChI is InChI=1S/C13H20N4O/c1-3-10(2)16-13-14-8-11(9-15-13)12(18)17-6-4-5-7-17/h8-10H,3-7H2,1-2H3,(H,14,15,16). The van der Waals surface area contributed by atoms with E-state index in [0.29, 0.717) is 17.6 Å². The fraction of sp³-hybridized carbons (Fsp3) is 0.615. The average molecular weight is 248 g/mol. The molecule has 1 aromatic heterocycles. The smallest absolute Gasteiger partial charge is 0.256 e. The van der Waals surface area contributed by atoms with Crippen molar-refractivity contribution in [3.8, 4) is 0 Å². The molecule has 2 rings (SSSR count). The molecule has 1 fully saturated rings. The van der Waals surface area contributed by atoms with Gasteiger partial charge in [0.1, 0.15) is 0 Å². The summed E-state index contributed by atoms with van der Waals surface area (Å²) in [5.41, 5.74) is 0.576. The topological polar surface area (TPSA) is 58.1 Å². The Morgan fingerprint density at radius 1 is 1.39 bits per heavy atom. The highest BCUT2D eigenvalue weighted by Crippen LogP contribution is 2.12. The molecule has 1 unspecified atom stereocenters. The summed E-state index contributed by atoms with van der Waals surface area (Å²) in [6, 6.07) is 0.338. The molecule has 1 amide bonds. The Kier molecular flexibility index (Phi) is 4.12. The lowest BCUT2D eigenvalue weighted by molar-refractivity contribution is 0.0792. The van der Waals surface area contributed by atoms with Crippen molar-refractivity contribution in [3.63, 3.8) is 0 Å². The number of carbonyl (C=O) groups is 1. The van der Waals surface area contributed by atoms with E-state index in [9.17, 15) is 4.79 Å². The lowest BCUT2D eigenvalue weighted by Gasteiger charge is -2.15. The molecule has 0 saturated carbocycles. The van der Waals surface area contributed by atoms with Crippen LogP contribution in [0.5, 0.6) is 0 Å². The van der Waals surface area contributed by atoms with Gasteiger partial charge in [-0.25, -0.2) is 9.97 Å². The molecule has 1 atom stereocenters. The fourth-order valence-corrected chi connectivity index (χ4v) is 1.94. The molecule has 2 heterocycles. The highest BCUT2D eigenvalue weighted by Gasteiger charge is 2.19. The zero-order valence-electron chi connectivity index (χ0n) is 11.0. The van der Waals surface area contributed by atoms with Crippen molar-refractivity contribution < 1.29 is 4.79 Å². The first-order chi connectivity index (χ1) is 8.70. The lowest BCUT2D eigenvalue weighted by atomic mass is 10.3. The van der Waals surface area contributed by atoms with Crippen molar-refractivity contribution in [2.45, 2.75) is 39.2 Å². The molecule has 1 saturated heterocycles. The quantitative estimate of drug-likeness (QED) is 0.884. The summed E-state index contributed by atoms with van der Waals surface area (Å²) in [6.07, 6.45) is 6.43. The van der Waals surface area contributed by atoms with Gasteiger partial charge in [-0.15, -0.1) is 0 Å². The van der Waals surface area contributed by atoms with Crippen molar-refractivity contribution in [3.05, 3.63) is 18.0 Å². The molecule has 5 nitrogen and oxygen atoms in total. The van der Waals surface area contributed by atoms with Crippen LogP contribution in [0, 0.1) is 0 Å². The molecule has 98 valence electrons. The van der Waals surface area contributed by atoms with Crippen molar-refractivity contribution in [1.29, 1.82) is 0 Å². The van der Waals surface area contributed by atoms with Crippen LogP contribution in [0.15, 0.2) is 12.4 Å². The van der Waals surface area contributed by atoms with Crippen LogP contribution >= 0.6 is 0 Å². The molecule has 18 heavy (non-hydrogen) atoms. The monoisotopic (exact) mass is 248 g/mol. The second-order valence-corrected chi connectivity index (χ2v) is 4.75. The zero-order chi connectivity index (χ0) is 13.0. The van der Waals surface area contributed by atoms with Gasteiger partial charge >= 0.3 is 0 Å². The Morgan fingerprint density at radius 3 is 2.56 bits per heavy atom. The number of likely N-dealkylation sites (tertiary alicyclic amines) is 1. The maximum atomic E-state index is 12.1. The number of carbonyl (C=O) groups excluding carboxylic acids is 1. The van der Waals surface area contributed by atoms with Gasteiger partial charge in [0.25, 0.3) is 5.91 Å². The Labute approximate surface area is 108 Å². The number of hydrogen-bond donors (Lipinski definition) is 1. The Bertz CT molecular complexity index is 398. The maximum Gasteiger partial charge on any atom is 0.256 e. The summed E-state index contributed by atoms with van der Waals surface area (Å²) in [5, 5.41) is 3.18. The third-order valence-electron chi connectivity index (χ3n) is 3.28. The molecule has 0 spiro atoms. The van der Waals surface area contributed by atoms with Crippen molar-refractivity contribution in [1.82, 2.24) is 14.9 Å². The summed E-state index contributed by atoms with van der Waals surface area (Å²) in [7, 11) is 0. The van der Waals surface area contributed by atoms with E-state index >= 15 is 0 Å². The van der Waals surface area contributed by atoms with E-state index < -0.39 is 0 Å². The van der Waals surface area contributed by atoms with Crippen LogP contribution in [0.1, 0.15) is 43.5 Å². The van der Waals surface area contributed by atoms with Crippen LogP contribution in [0.4, 0.5) is 5.95 Å². The van der Waals surface area contributed by atoms with Crippen LogP contribution in [-0.4, -0.2) is 39.9 Å². The van der Waals surface area contributed by atoms with E-state index in [-0.39, 0.29) is 5.91 Å². The van der Waals surface area contributed by atoms with E-state index in [4.69, 9.17) is 0 Å². The minimum absolute atomic E-state index is 0.0441. The van der Waals surface area contributed by atoms with E-state index in [1.54, 1.807) is 12.4 Å². The SMILES string of the molecule is CCC(C)Nc1ncc(C(=O)N2CCCC2)cn1. The molecule has 5 heteroatoms.